The van der Waals surface area contributed by atoms with Crippen molar-refractivity contribution < 1.29 is 23.1 Å². The molecule has 0 saturated heterocycles. The maximum absolute atomic E-state index is 12.7. The molecule has 0 aromatic carbocycles. The zero-order valence-corrected chi connectivity index (χ0v) is 14.0. The molecule has 2 aromatic rings. The molecule has 2 N–H and O–H groups in total. The Morgan fingerprint density at radius 2 is 1.96 bits per heavy atom. The molecule has 0 saturated carbocycles. The second-order valence-corrected chi connectivity index (χ2v) is 5.97. The lowest BCUT2D eigenvalue weighted by molar-refractivity contribution is -0.137. The van der Waals surface area contributed by atoms with Crippen LogP contribution in [0.25, 0.3) is 5.82 Å². The van der Waals surface area contributed by atoms with Gasteiger partial charge in [0.15, 0.2) is 5.82 Å². The number of alkyl halides is 3. The van der Waals surface area contributed by atoms with Gasteiger partial charge in [-0.05, 0) is 25.0 Å². The molecule has 2 heterocycles. The van der Waals surface area contributed by atoms with Crippen LogP contribution < -0.4 is 5.32 Å². The molecule has 136 valence electrons. The average molecular weight is 356 g/mol. The van der Waals surface area contributed by atoms with E-state index in [-0.39, 0.29) is 23.9 Å². The van der Waals surface area contributed by atoms with Crippen LogP contribution >= 0.6 is 0 Å². The fraction of sp³-hybridized carbons (Fsp3) is 0.438. The van der Waals surface area contributed by atoms with Crippen LogP contribution in [0.15, 0.2) is 24.5 Å². The smallest absolute Gasteiger partial charge is 0.394 e. The second-order valence-electron chi connectivity index (χ2n) is 5.97. The molecule has 9 heteroatoms. The van der Waals surface area contributed by atoms with Gasteiger partial charge in [-0.3, -0.25) is 4.79 Å². The number of carbonyl (C=O) groups excluding carboxylic acids is 1. The number of nitrogens with one attached hydrogen (secondary N) is 1. The van der Waals surface area contributed by atoms with E-state index in [0.717, 1.165) is 12.3 Å². The first-order valence-corrected chi connectivity index (χ1v) is 7.68. The fourth-order valence-electron chi connectivity index (χ4n) is 2.30. The number of nitrogens with zero attached hydrogens (tertiary/aromatic N) is 3. The number of carbonyl (C=O) groups is 1. The van der Waals surface area contributed by atoms with E-state index in [4.69, 9.17) is 5.11 Å². The second kappa shape index (κ2) is 7.22. The summed E-state index contributed by atoms with van der Waals surface area (Å²) in [5.74, 6) is -0.355. The predicted molar refractivity (Wildman–Crippen MR) is 84.5 cm³/mol. The summed E-state index contributed by atoms with van der Waals surface area (Å²) in [6.45, 7) is 5.11. The van der Waals surface area contributed by atoms with E-state index in [0.29, 0.717) is 5.69 Å². The number of halogens is 3. The van der Waals surface area contributed by atoms with Crippen molar-refractivity contribution in [3.05, 3.63) is 41.3 Å². The number of aliphatic hydroxyl groups excluding tert-OH is 1. The van der Waals surface area contributed by atoms with Crippen molar-refractivity contribution in [2.24, 2.45) is 0 Å². The van der Waals surface area contributed by atoms with E-state index >= 15 is 0 Å². The lowest BCUT2D eigenvalue weighted by atomic mass is 10.1. The molecule has 0 aliphatic carbocycles. The minimum Gasteiger partial charge on any atom is -0.394 e. The number of amides is 1. The first kappa shape index (κ1) is 18.9. The van der Waals surface area contributed by atoms with Gasteiger partial charge >= 0.3 is 6.18 Å². The number of aromatic nitrogens is 3. The maximum Gasteiger partial charge on any atom is 0.417 e. The molecule has 25 heavy (non-hydrogen) atoms. The third-order valence-corrected chi connectivity index (χ3v) is 3.54. The highest BCUT2D eigenvalue weighted by atomic mass is 19.4. The van der Waals surface area contributed by atoms with Crippen molar-refractivity contribution >= 4 is 5.91 Å². The lowest BCUT2D eigenvalue weighted by Gasteiger charge is -2.14. The monoisotopic (exact) mass is 356 g/mol. The van der Waals surface area contributed by atoms with Crippen molar-refractivity contribution in [2.45, 2.75) is 38.9 Å². The van der Waals surface area contributed by atoms with E-state index in [2.05, 4.69) is 15.4 Å². The highest BCUT2D eigenvalue weighted by Crippen LogP contribution is 2.29. The predicted octanol–water partition coefficient (Wildman–Crippen LogP) is 2.52. The van der Waals surface area contributed by atoms with Gasteiger partial charge in [0, 0.05) is 12.2 Å². The summed E-state index contributed by atoms with van der Waals surface area (Å²) in [6.07, 6.45) is -2.40. The molecule has 0 aliphatic rings. The summed E-state index contributed by atoms with van der Waals surface area (Å²) in [5.41, 5.74) is -0.0452. The van der Waals surface area contributed by atoms with Crippen molar-refractivity contribution in [3.8, 4) is 5.82 Å². The van der Waals surface area contributed by atoms with Crippen molar-refractivity contribution in [2.75, 3.05) is 6.61 Å². The van der Waals surface area contributed by atoms with Gasteiger partial charge in [0.25, 0.3) is 5.91 Å². The number of hydrogen-bond donors (Lipinski definition) is 2. The Bertz CT molecular complexity index is 739. The largest absolute Gasteiger partial charge is 0.417 e. The highest BCUT2D eigenvalue weighted by Gasteiger charge is 2.31. The minimum absolute atomic E-state index is 0.128. The number of hydrogen-bond acceptors (Lipinski definition) is 4. The Morgan fingerprint density at radius 3 is 2.44 bits per heavy atom. The van der Waals surface area contributed by atoms with Crippen LogP contribution in [-0.4, -0.2) is 38.4 Å². The summed E-state index contributed by atoms with van der Waals surface area (Å²) in [5, 5.41) is 15.8. The standard InChI is InChI=1S/C16H19F3N4O2/c1-9(2)14-12(15(25)22-10(3)8-24)7-21-23(14)13-5-4-11(6-20-13)16(17,18)19/h4-7,9-10,24H,8H2,1-3H3,(H,22,25). The quantitative estimate of drug-likeness (QED) is 0.863. The normalized spacial score (nSPS) is 13.1. The number of aliphatic hydroxyl groups is 1. The Morgan fingerprint density at radius 1 is 1.28 bits per heavy atom. The first-order chi connectivity index (χ1) is 11.6. The molecular weight excluding hydrogens is 337 g/mol. The van der Waals surface area contributed by atoms with Gasteiger partial charge in [-0.15, -0.1) is 0 Å². The van der Waals surface area contributed by atoms with E-state index in [1.165, 1.54) is 16.9 Å². The molecule has 0 fully saturated rings. The average Bonchev–Trinajstić information content (AvgIpc) is 2.99. The van der Waals surface area contributed by atoms with Crippen LogP contribution in [0.4, 0.5) is 13.2 Å². The van der Waals surface area contributed by atoms with E-state index in [9.17, 15) is 18.0 Å². The number of rotatable bonds is 5. The molecule has 2 rings (SSSR count). The Hall–Kier alpha value is -2.42. The highest BCUT2D eigenvalue weighted by molar-refractivity contribution is 5.95. The molecule has 0 radical (unpaired) electrons. The fourth-order valence-corrected chi connectivity index (χ4v) is 2.30. The maximum atomic E-state index is 12.7. The molecule has 1 amide bonds. The van der Waals surface area contributed by atoms with Crippen LogP contribution in [0, 0.1) is 0 Å². The molecular formula is C16H19F3N4O2. The summed E-state index contributed by atoms with van der Waals surface area (Å²) >= 11 is 0. The topological polar surface area (TPSA) is 80.0 Å². The Kier molecular flexibility index (Phi) is 5.46. The van der Waals surface area contributed by atoms with Crippen molar-refractivity contribution in [1.82, 2.24) is 20.1 Å². The zero-order valence-electron chi connectivity index (χ0n) is 14.0. The molecule has 1 atom stereocenters. The van der Waals surface area contributed by atoms with Gasteiger partial charge in [-0.1, -0.05) is 13.8 Å². The van der Waals surface area contributed by atoms with E-state index in [1.807, 2.05) is 13.8 Å². The first-order valence-electron chi connectivity index (χ1n) is 7.68. The van der Waals surface area contributed by atoms with Gasteiger partial charge in [0.2, 0.25) is 0 Å². The minimum atomic E-state index is -4.47. The van der Waals surface area contributed by atoms with Crippen LogP contribution in [0.1, 0.15) is 48.3 Å². The Balaban J connectivity index is 2.41. The third-order valence-electron chi connectivity index (χ3n) is 3.54. The number of pyridine rings is 1. The summed E-state index contributed by atoms with van der Waals surface area (Å²) < 4.78 is 39.3. The summed E-state index contributed by atoms with van der Waals surface area (Å²) in [6, 6.07) is 1.70. The summed E-state index contributed by atoms with van der Waals surface area (Å²) in [4.78, 5) is 16.1. The molecule has 1 unspecified atom stereocenters. The summed E-state index contributed by atoms with van der Waals surface area (Å²) in [7, 11) is 0. The van der Waals surface area contributed by atoms with Crippen molar-refractivity contribution in [3.63, 3.8) is 0 Å². The van der Waals surface area contributed by atoms with Gasteiger partial charge in [0.1, 0.15) is 0 Å². The van der Waals surface area contributed by atoms with Crippen LogP contribution in [0.2, 0.25) is 0 Å². The van der Waals surface area contributed by atoms with Gasteiger partial charge in [-0.2, -0.15) is 18.3 Å². The third kappa shape index (κ3) is 4.16. The zero-order chi connectivity index (χ0) is 18.8. The molecule has 6 nitrogen and oxygen atoms in total. The molecule has 2 aromatic heterocycles. The van der Waals surface area contributed by atoms with Crippen molar-refractivity contribution in [1.29, 1.82) is 0 Å². The van der Waals surface area contributed by atoms with Crippen LogP contribution in [-0.2, 0) is 6.18 Å². The van der Waals surface area contributed by atoms with Crippen LogP contribution in [0.5, 0.6) is 0 Å². The van der Waals surface area contributed by atoms with E-state index < -0.39 is 23.7 Å². The van der Waals surface area contributed by atoms with Gasteiger partial charge in [-0.25, -0.2) is 9.67 Å². The van der Waals surface area contributed by atoms with E-state index in [1.54, 1.807) is 6.92 Å². The van der Waals surface area contributed by atoms with Gasteiger partial charge < -0.3 is 10.4 Å². The molecule has 0 bridgehead atoms. The Labute approximate surface area is 142 Å². The van der Waals surface area contributed by atoms with Gasteiger partial charge in [0.05, 0.1) is 29.6 Å². The van der Waals surface area contributed by atoms with Crippen LogP contribution in [0.3, 0.4) is 0 Å². The molecule has 0 spiro atoms. The SMILES string of the molecule is CC(CO)NC(=O)c1cnn(-c2ccc(C(F)(F)F)cn2)c1C(C)C. The molecule has 0 aliphatic heterocycles. The lowest BCUT2D eigenvalue weighted by Crippen LogP contribution is -2.35.